The second-order valence-electron chi connectivity index (χ2n) is 2.98. The molecule has 0 saturated heterocycles. The third-order valence-corrected chi connectivity index (χ3v) is 1.82. The van der Waals surface area contributed by atoms with E-state index in [1.165, 1.54) is 0 Å². The van der Waals surface area contributed by atoms with Gasteiger partial charge in [0.2, 0.25) is 5.88 Å². The van der Waals surface area contributed by atoms with Gasteiger partial charge in [-0.15, -0.1) is 13.2 Å². The van der Waals surface area contributed by atoms with Crippen LogP contribution in [0.2, 0.25) is 0 Å². The summed E-state index contributed by atoms with van der Waals surface area (Å²) in [6.45, 7) is -1.35. The van der Waals surface area contributed by atoms with Crippen molar-refractivity contribution < 1.29 is 36.9 Å². The van der Waals surface area contributed by atoms with Crippen LogP contribution in [0, 0.1) is 0 Å². The Labute approximate surface area is 98.0 Å². The van der Waals surface area contributed by atoms with E-state index in [9.17, 15) is 22.4 Å². The number of hydrogen-bond donors (Lipinski definition) is 1. The van der Waals surface area contributed by atoms with E-state index in [4.69, 9.17) is 5.11 Å². The topological polar surface area (TPSA) is 68.7 Å². The Morgan fingerprint density at radius 1 is 1.50 bits per heavy atom. The van der Waals surface area contributed by atoms with Crippen molar-refractivity contribution >= 4 is 5.97 Å². The lowest BCUT2D eigenvalue weighted by molar-refractivity contribution is -0.275. The maximum Gasteiger partial charge on any atom is 0.573 e. The van der Waals surface area contributed by atoms with Gasteiger partial charge in [0.1, 0.15) is 12.4 Å². The minimum atomic E-state index is -5.08. The van der Waals surface area contributed by atoms with Gasteiger partial charge in [0.15, 0.2) is 5.69 Å². The van der Waals surface area contributed by atoms with Crippen molar-refractivity contribution in [3.8, 4) is 11.6 Å². The number of carboxylic acids is 1. The summed E-state index contributed by atoms with van der Waals surface area (Å²) < 4.78 is 56.9. The van der Waals surface area contributed by atoms with Gasteiger partial charge in [-0.2, -0.15) is 0 Å². The van der Waals surface area contributed by atoms with Gasteiger partial charge < -0.3 is 14.6 Å². The maximum absolute atomic E-state index is 12.6. The number of halogens is 4. The molecule has 18 heavy (non-hydrogen) atoms. The molecule has 1 rings (SSSR count). The van der Waals surface area contributed by atoms with E-state index in [1.807, 2.05) is 0 Å². The fourth-order valence-electron chi connectivity index (χ4n) is 1.14. The van der Waals surface area contributed by atoms with E-state index in [0.29, 0.717) is 6.07 Å². The molecule has 0 unspecified atom stereocenters. The molecule has 1 N–H and O–H groups in total. The Bertz CT molecular complexity index is 461. The van der Waals surface area contributed by atoms with Crippen LogP contribution < -0.4 is 9.47 Å². The molecule has 9 heteroatoms. The molecule has 0 aliphatic heterocycles. The number of ether oxygens (including phenoxy) is 2. The third-order valence-electron chi connectivity index (χ3n) is 1.82. The summed E-state index contributed by atoms with van der Waals surface area (Å²) in [5, 5.41) is 8.64. The standard InChI is InChI=1S/C9H7F4NO4/c1-17-7-4(3-10)6(18-9(11,12)13)2-5(14-7)8(15)16/h2H,3H2,1H3,(H,15,16). The van der Waals surface area contributed by atoms with Crippen LogP contribution in [0.5, 0.6) is 11.6 Å². The lowest BCUT2D eigenvalue weighted by Crippen LogP contribution is -2.19. The number of alkyl halides is 4. The van der Waals surface area contributed by atoms with Crippen molar-refractivity contribution in [2.45, 2.75) is 13.0 Å². The van der Waals surface area contributed by atoms with E-state index >= 15 is 0 Å². The molecule has 5 nitrogen and oxygen atoms in total. The highest BCUT2D eigenvalue weighted by Gasteiger charge is 2.33. The fourth-order valence-corrected chi connectivity index (χ4v) is 1.14. The zero-order valence-electron chi connectivity index (χ0n) is 8.92. The second kappa shape index (κ2) is 5.07. The predicted octanol–water partition coefficient (Wildman–Crippen LogP) is 2.16. The molecule has 1 aromatic heterocycles. The van der Waals surface area contributed by atoms with Gasteiger partial charge in [-0.05, 0) is 0 Å². The molecule has 0 spiro atoms. The molecule has 0 bridgehead atoms. The van der Waals surface area contributed by atoms with Gasteiger partial charge in [0.05, 0.1) is 12.7 Å². The van der Waals surface area contributed by atoms with Gasteiger partial charge >= 0.3 is 12.3 Å². The first-order chi connectivity index (χ1) is 8.28. The van der Waals surface area contributed by atoms with Gasteiger partial charge in [-0.3, -0.25) is 0 Å². The molecule has 1 aromatic rings. The Balaban J connectivity index is 3.35. The van der Waals surface area contributed by atoms with Crippen molar-refractivity contribution in [1.29, 1.82) is 0 Å². The van der Waals surface area contributed by atoms with E-state index in [2.05, 4.69) is 14.5 Å². The molecule has 0 atom stereocenters. The van der Waals surface area contributed by atoms with Crippen LogP contribution in [0.15, 0.2) is 6.07 Å². The monoisotopic (exact) mass is 269 g/mol. The van der Waals surface area contributed by atoms with Crippen molar-refractivity contribution in [2.24, 2.45) is 0 Å². The Kier molecular flexibility index (Phi) is 3.94. The quantitative estimate of drug-likeness (QED) is 0.848. The molecule has 0 aromatic carbocycles. The van der Waals surface area contributed by atoms with Crippen LogP contribution in [0.3, 0.4) is 0 Å². The van der Waals surface area contributed by atoms with Crippen molar-refractivity contribution in [3.63, 3.8) is 0 Å². The first kappa shape index (κ1) is 14.0. The summed E-state index contributed by atoms with van der Waals surface area (Å²) in [6.07, 6.45) is -5.08. The number of aromatic nitrogens is 1. The van der Waals surface area contributed by atoms with Crippen LogP contribution in [0.1, 0.15) is 16.1 Å². The number of hydrogen-bond acceptors (Lipinski definition) is 4. The largest absolute Gasteiger partial charge is 0.573 e. The summed E-state index contributed by atoms with van der Waals surface area (Å²) >= 11 is 0. The van der Waals surface area contributed by atoms with Crippen LogP contribution in [0.4, 0.5) is 17.6 Å². The smallest absolute Gasteiger partial charge is 0.481 e. The minimum Gasteiger partial charge on any atom is -0.481 e. The molecule has 0 radical (unpaired) electrons. The number of methoxy groups -OCH3 is 1. The van der Waals surface area contributed by atoms with Crippen molar-refractivity contribution in [3.05, 3.63) is 17.3 Å². The summed E-state index contributed by atoms with van der Waals surface area (Å²) in [6, 6.07) is 0.479. The minimum absolute atomic E-state index is 0.479. The average molecular weight is 269 g/mol. The van der Waals surface area contributed by atoms with Crippen molar-refractivity contribution in [1.82, 2.24) is 4.98 Å². The highest BCUT2D eigenvalue weighted by Crippen LogP contribution is 2.32. The first-order valence-corrected chi connectivity index (χ1v) is 4.41. The first-order valence-electron chi connectivity index (χ1n) is 4.41. The number of pyridine rings is 1. The Morgan fingerprint density at radius 2 is 2.11 bits per heavy atom. The molecular formula is C9H7F4NO4. The Morgan fingerprint density at radius 3 is 2.50 bits per heavy atom. The lowest BCUT2D eigenvalue weighted by atomic mass is 10.2. The maximum atomic E-state index is 12.6. The molecule has 1 heterocycles. The molecule has 0 saturated carbocycles. The van der Waals surface area contributed by atoms with Crippen molar-refractivity contribution in [2.75, 3.05) is 7.11 Å². The average Bonchev–Trinajstić information content (AvgIpc) is 2.25. The van der Waals surface area contributed by atoms with E-state index in [0.717, 1.165) is 7.11 Å². The highest BCUT2D eigenvalue weighted by atomic mass is 19.4. The van der Waals surface area contributed by atoms with Crippen LogP contribution in [0.25, 0.3) is 0 Å². The summed E-state index contributed by atoms with van der Waals surface area (Å²) in [4.78, 5) is 14.0. The van der Waals surface area contributed by atoms with E-state index in [-0.39, 0.29) is 0 Å². The summed E-state index contributed by atoms with van der Waals surface area (Å²) in [5.41, 5.74) is -1.36. The van der Waals surface area contributed by atoms with Gasteiger partial charge in [-0.25, -0.2) is 14.2 Å². The zero-order valence-corrected chi connectivity index (χ0v) is 8.92. The normalized spacial score (nSPS) is 11.2. The van der Waals surface area contributed by atoms with E-state index in [1.54, 1.807) is 0 Å². The van der Waals surface area contributed by atoms with Crippen LogP contribution in [-0.4, -0.2) is 29.5 Å². The molecular weight excluding hydrogens is 262 g/mol. The van der Waals surface area contributed by atoms with Crippen LogP contribution in [-0.2, 0) is 6.67 Å². The fraction of sp³-hybridized carbons (Fsp3) is 0.333. The van der Waals surface area contributed by atoms with Gasteiger partial charge in [0, 0.05) is 6.07 Å². The second-order valence-corrected chi connectivity index (χ2v) is 2.98. The van der Waals surface area contributed by atoms with Gasteiger partial charge in [0.25, 0.3) is 0 Å². The summed E-state index contributed by atoms with van der Waals surface area (Å²) in [5.74, 6) is -3.16. The zero-order chi connectivity index (χ0) is 13.9. The van der Waals surface area contributed by atoms with Crippen LogP contribution >= 0.6 is 0 Å². The molecule has 0 amide bonds. The molecule has 0 fully saturated rings. The molecule has 0 aliphatic carbocycles. The predicted molar refractivity (Wildman–Crippen MR) is 49.2 cm³/mol. The molecule has 100 valence electrons. The Hall–Kier alpha value is -2.06. The SMILES string of the molecule is COc1nc(C(=O)O)cc(OC(F)(F)F)c1CF. The number of carbonyl (C=O) groups is 1. The number of carboxylic acid groups (broad SMARTS) is 1. The third kappa shape index (κ3) is 3.22. The number of nitrogens with zero attached hydrogens (tertiary/aromatic N) is 1. The lowest BCUT2D eigenvalue weighted by Gasteiger charge is -2.14. The number of aromatic carboxylic acids is 1. The molecule has 0 aliphatic rings. The van der Waals surface area contributed by atoms with Gasteiger partial charge in [-0.1, -0.05) is 0 Å². The summed E-state index contributed by atoms with van der Waals surface area (Å²) in [7, 11) is 1.02. The van der Waals surface area contributed by atoms with E-state index < -0.39 is 41.9 Å². The highest BCUT2D eigenvalue weighted by molar-refractivity contribution is 5.86. The number of rotatable bonds is 4.